The van der Waals surface area contributed by atoms with Crippen molar-refractivity contribution in [1.82, 2.24) is 5.32 Å². The second kappa shape index (κ2) is 7.95. The summed E-state index contributed by atoms with van der Waals surface area (Å²) >= 11 is 0. The smallest absolute Gasteiger partial charge is 0.251 e. The van der Waals surface area contributed by atoms with Gasteiger partial charge in [0.2, 0.25) is 0 Å². The van der Waals surface area contributed by atoms with Crippen molar-refractivity contribution in [3.8, 4) is 11.5 Å². The zero-order chi connectivity index (χ0) is 18.5. The van der Waals surface area contributed by atoms with Crippen LogP contribution >= 0.6 is 0 Å². The van der Waals surface area contributed by atoms with Crippen LogP contribution in [0.5, 0.6) is 11.5 Å². The number of hydrogen-bond acceptors (Lipinski definition) is 4. The fourth-order valence-electron chi connectivity index (χ4n) is 3.30. The van der Waals surface area contributed by atoms with Crippen LogP contribution in [-0.2, 0) is 6.42 Å². The van der Waals surface area contributed by atoms with Crippen molar-refractivity contribution in [2.45, 2.75) is 25.3 Å². The van der Waals surface area contributed by atoms with Crippen LogP contribution in [0, 0.1) is 0 Å². The van der Waals surface area contributed by atoms with E-state index in [4.69, 9.17) is 15.2 Å². The molecule has 2 aromatic rings. The van der Waals surface area contributed by atoms with Crippen molar-refractivity contribution in [2.75, 3.05) is 19.5 Å². The summed E-state index contributed by atoms with van der Waals surface area (Å²) in [5, 5.41) is 3.13. The molecule has 3 rings (SSSR count). The van der Waals surface area contributed by atoms with E-state index in [9.17, 15) is 4.79 Å². The SMILES string of the molecule is C=CCOc1ccc(C(=O)NC2CCCc3cc(N)ccc32)cc1OC. The normalized spacial score (nSPS) is 15.7. The highest BCUT2D eigenvalue weighted by molar-refractivity contribution is 5.95. The number of fused-ring (bicyclic) bond motifs is 1. The van der Waals surface area contributed by atoms with E-state index in [0.717, 1.165) is 30.5 Å². The highest BCUT2D eigenvalue weighted by Crippen LogP contribution is 2.32. The lowest BCUT2D eigenvalue weighted by molar-refractivity contribution is 0.0932. The van der Waals surface area contributed by atoms with Crippen molar-refractivity contribution in [2.24, 2.45) is 0 Å². The summed E-state index contributed by atoms with van der Waals surface area (Å²) in [6, 6.07) is 11.1. The lowest BCUT2D eigenvalue weighted by Gasteiger charge is -2.26. The molecule has 1 aliphatic rings. The largest absolute Gasteiger partial charge is 0.493 e. The van der Waals surface area contributed by atoms with E-state index in [2.05, 4.69) is 11.9 Å². The Hall–Kier alpha value is -2.95. The molecule has 0 aromatic heterocycles. The quantitative estimate of drug-likeness (QED) is 0.615. The van der Waals surface area contributed by atoms with Crippen LogP contribution < -0.4 is 20.5 Å². The lowest BCUT2D eigenvalue weighted by atomic mass is 9.87. The minimum absolute atomic E-state index is 0.00506. The number of hydrogen-bond donors (Lipinski definition) is 2. The van der Waals surface area contributed by atoms with Gasteiger partial charge in [-0.15, -0.1) is 0 Å². The number of nitrogen functional groups attached to an aromatic ring is 1. The molecule has 0 aliphatic heterocycles. The van der Waals surface area contributed by atoms with E-state index in [1.807, 2.05) is 18.2 Å². The average molecular weight is 352 g/mol. The number of nitrogens with one attached hydrogen (secondary N) is 1. The molecule has 0 fully saturated rings. The van der Waals surface area contributed by atoms with Crippen molar-refractivity contribution in [3.63, 3.8) is 0 Å². The van der Waals surface area contributed by atoms with Crippen molar-refractivity contribution in [1.29, 1.82) is 0 Å². The molecule has 0 radical (unpaired) electrons. The molecular weight excluding hydrogens is 328 g/mol. The van der Waals surface area contributed by atoms with Gasteiger partial charge in [0.15, 0.2) is 11.5 Å². The Morgan fingerprint density at radius 2 is 2.15 bits per heavy atom. The van der Waals surface area contributed by atoms with Gasteiger partial charge in [-0.25, -0.2) is 0 Å². The zero-order valence-corrected chi connectivity index (χ0v) is 15.0. The molecule has 1 atom stereocenters. The third-order valence-electron chi connectivity index (χ3n) is 4.57. The number of carbonyl (C=O) groups excluding carboxylic acids is 1. The molecule has 2 aromatic carbocycles. The topological polar surface area (TPSA) is 73.6 Å². The van der Waals surface area contributed by atoms with Crippen LogP contribution in [0.2, 0.25) is 0 Å². The van der Waals surface area contributed by atoms with E-state index in [0.29, 0.717) is 23.7 Å². The number of nitrogens with two attached hydrogens (primary N) is 1. The molecule has 5 heteroatoms. The van der Waals surface area contributed by atoms with Gasteiger partial charge in [-0.3, -0.25) is 4.79 Å². The Labute approximate surface area is 153 Å². The van der Waals surface area contributed by atoms with Gasteiger partial charge in [0.1, 0.15) is 6.61 Å². The van der Waals surface area contributed by atoms with Crippen molar-refractivity contribution in [3.05, 3.63) is 65.7 Å². The molecule has 136 valence electrons. The molecular formula is C21H24N2O3. The lowest BCUT2D eigenvalue weighted by Crippen LogP contribution is -2.31. The molecule has 0 spiro atoms. The number of ether oxygens (including phenoxy) is 2. The predicted octanol–water partition coefficient (Wildman–Crippen LogP) is 3.65. The van der Waals surface area contributed by atoms with Gasteiger partial charge in [-0.1, -0.05) is 18.7 Å². The van der Waals surface area contributed by atoms with Gasteiger partial charge >= 0.3 is 0 Å². The van der Waals surface area contributed by atoms with E-state index < -0.39 is 0 Å². The van der Waals surface area contributed by atoms with Crippen molar-refractivity contribution >= 4 is 11.6 Å². The van der Waals surface area contributed by atoms with Gasteiger partial charge in [0.25, 0.3) is 5.91 Å². The number of methoxy groups -OCH3 is 1. The van der Waals surface area contributed by atoms with Crippen LogP contribution in [0.25, 0.3) is 0 Å². The molecule has 0 saturated carbocycles. The summed E-state index contributed by atoms with van der Waals surface area (Å²) in [4.78, 5) is 12.7. The second-order valence-electron chi connectivity index (χ2n) is 6.34. The van der Waals surface area contributed by atoms with Gasteiger partial charge in [-0.2, -0.15) is 0 Å². The van der Waals surface area contributed by atoms with E-state index in [1.54, 1.807) is 31.4 Å². The first kappa shape index (κ1) is 17.9. The summed E-state index contributed by atoms with van der Waals surface area (Å²) in [7, 11) is 1.56. The Morgan fingerprint density at radius 1 is 1.31 bits per heavy atom. The molecule has 1 aliphatic carbocycles. The van der Waals surface area contributed by atoms with E-state index in [1.165, 1.54) is 5.56 Å². The first-order valence-electron chi connectivity index (χ1n) is 8.73. The first-order valence-corrected chi connectivity index (χ1v) is 8.73. The summed E-state index contributed by atoms with van der Waals surface area (Å²) in [6.45, 7) is 4.01. The molecule has 0 saturated heterocycles. The molecule has 1 unspecified atom stereocenters. The highest BCUT2D eigenvalue weighted by atomic mass is 16.5. The minimum atomic E-state index is -0.131. The van der Waals surface area contributed by atoms with Gasteiger partial charge < -0.3 is 20.5 Å². The van der Waals surface area contributed by atoms with E-state index >= 15 is 0 Å². The summed E-state index contributed by atoms with van der Waals surface area (Å²) < 4.78 is 10.9. The van der Waals surface area contributed by atoms with Crippen LogP contribution in [0.4, 0.5) is 5.69 Å². The molecule has 0 heterocycles. The third kappa shape index (κ3) is 3.82. The Balaban J connectivity index is 1.78. The van der Waals surface area contributed by atoms with Gasteiger partial charge in [0, 0.05) is 11.3 Å². The van der Waals surface area contributed by atoms with Crippen LogP contribution in [0.3, 0.4) is 0 Å². The minimum Gasteiger partial charge on any atom is -0.493 e. The van der Waals surface area contributed by atoms with Crippen LogP contribution in [0.15, 0.2) is 49.1 Å². The average Bonchev–Trinajstić information content (AvgIpc) is 2.66. The Morgan fingerprint density at radius 3 is 2.92 bits per heavy atom. The summed E-state index contributed by atoms with van der Waals surface area (Å²) in [5.74, 6) is 0.979. The maximum Gasteiger partial charge on any atom is 0.251 e. The number of carbonyl (C=O) groups is 1. The fraction of sp³-hybridized carbons (Fsp3) is 0.286. The molecule has 0 bridgehead atoms. The summed E-state index contributed by atoms with van der Waals surface area (Å²) in [5.41, 5.74) is 9.54. The van der Waals surface area contributed by atoms with Gasteiger partial charge in [0.05, 0.1) is 13.2 Å². The zero-order valence-electron chi connectivity index (χ0n) is 15.0. The maximum absolute atomic E-state index is 12.7. The van der Waals surface area contributed by atoms with E-state index in [-0.39, 0.29) is 11.9 Å². The number of anilines is 1. The Bertz CT molecular complexity index is 817. The standard InChI is InChI=1S/C21H24N2O3/c1-3-11-26-19-10-7-15(13-20(19)25-2)21(24)23-18-6-4-5-14-12-16(22)8-9-17(14)18/h3,7-10,12-13,18H,1,4-6,11,22H2,2H3,(H,23,24). The second-order valence-corrected chi connectivity index (χ2v) is 6.34. The first-order chi connectivity index (χ1) is 12.6. The molecule has 5 nitrogen and oxygen atoms in total. The number of benzene rings is 2. The molecule has 26 heavy (non-hydrogen) atoms. The molecule has 1 amide bonds. The Kier molecular flexibility index (Phi) is 5.46. The molecule has 3 N–H and O–H groups in total. The highest BCUT2D eigenvalue weighted by Gasteiger charge is 2.23. The number of aryl methyl sites for hydroxylation is 1. The van der Waals surface area contributed by atoms with Gasteiger partial charge in [-0.05, 0) is 60.7 Å². The monoisotopic (exact) mass is 352 g/mol. The van der Waals surface area contributed by atoms with Crippen molar-refractivity contribution < 1.29 is 14.3 Å². The van der Waals surface area contributed by atoms with Crippen LogP contribution in [-0.4, -0.2) is 19.6 Å². The fourth-order valence-corrected chi connectivity index (χ4v) is 3.30. The number of rotatable bonds is 6. The summed E-state index contributed by atoms with van der Waals surface area (Å²) in [6.07, 6.45) is 4.60. The maximum atomic E-state index is 12.7. The number of amides is 1. The third-order valence-corrected chi connectivity index (χ3v) is 4.57. The van der Waals surface area contributed by atoms with Crippen LogP contribution in [0.1, 0.15) is 40.4 Å². The predicted molar refractivity (Wildman–Crippen MR) is 103 cm³/mol.